The predicted molar refractivity (Wildman–Crippen MR) is 64.5 cm³/mol. The van der Waals surface area contributed by atoms with Gasteiger partial charge in [0.05, 0.1) is 19.2 Å². The van der Waals surface area contributed by atoms with Gasteiger partial charge in [0.1, 0.15) is 11.5 Å². The molecule has 2 rings (SSSR count). The second-order valence-corrected chi connectivity index (χ2v) is 3.85. The summed E-state index contributed by atoms with van der Waals surface area (Å²) >= 11 is 0. The minimum absolute atomic E-state index is 0.151. The number of nitrogens with zero attached hydrogens (tertiary/aromatic N) is 2. The van der Waals surface area contributed by atoms with Crippen molar-refractivity contribution in [3.63, 3.8) is 0 Å². The number of hydrogen-bond donors (Lipinski definition) is 0. The maximum Gasteiger partial charge on any atom is 0.337 e. The van der Waals surface area contributed by atoms with Crippen molar-refractivity contribution in [1.29, 1.82) is 0 Å². The Hall–Kier alpha value is -2.50. The van der Waals surface area contributed by atoms with Crippen LogP contribution in [0.2, 0.25) is 0 Å². The second kappa shape index (κ2) is 5.43. The topological polar surface area (TPSA) is 61.2 Å². The van der Waals surface area contributed by atoms with Crippen molar-refractivity contribution in [3.8, 4) is 0 Å². The number of ether oxygens (including phenoxy) is 1. The van der Waals surface area contributed by atoms with Gasteiger partial charge in [-0.3, -0.25) is 9.48 Å². The third-order valence-electron chi connectivity index (χ3n) is 2.59. The van der Waals surface area contributed by atoms with Crippen molar-refractivity contribution < 1.29 is 18.7 Å². The quantitative estimate of drug-likeness (QED) is 0.621. The first-order chi connectivity index (χ1) is 9.13. The maximum atomic E-state index is 13.8. The molecule has 0 unspecified atom stereocenters. The minimum atomic E-state index is -0.590. The van der Waals surface area contributed by atoms with Gasteiger partial charge in [0.15, 0.2) is 6.29 Å². The molecule has 0 saturated carbocycles. The number of aldehydes is 1. The van der Waals surface area contributed by atoms with E-state index >= 15 is 0 Å². The Bertz CT molecular complexity index is 622. The zero-order valence-electron chi connectivity index (χ0n) is 10.2. The lowest BCUT2D eigenvalue weighted by atomic mass is 10.1. The predicted octanol–water partition coefficient (Wildman–Crippen LogP) is 1.67. The fourth-order valence-corrected chi connectivity index (χ4v) is 1.62. The number of aromatic nitrogens is 2. The number of carbonyl (C=O) groups is 2. The standard InChI is InChI=1S/C13H11FN2O3/c1-19-13(18)9-2-3-10(12(14)6-9)7-16-5-4-11(8-17)15-16/h2-6,8H,7H2,1H3. The molecule has 0 aliphatic carbocycles. The first-order valence-corrected chi connectivity index (χ1v) is 5.49. The first-order valence-electron chi connectivity index (χ1n) is 5.49. The molecule has 2 aromatic rings. The molecule has 0 bridgehead atoms. The van der Waals surface area contributed by atoms with E-state index in [4.69, 9.17) is 0 Å². The van der Waals surface area contributed by atoms with Crippen LogP contribution in [0.4, 0.5) is 4.39 Å². The van der Waals surface area contributed by atoms with Crippen LogP contribution >= 0.6 is 0 Å². The number of esters is 1. The molecule has 1 heterocycles. The fourth-order valence-electron chi connectivity index (χ4n) is 1.62. The Labute approximate surface area is 108 Å². The minimum Gasteiger partial charge on any atom is -0.465 e. The van der Waals surface area contributed by atoms with Crippen LogP contribution < -0.4 is 0 Å². The lowest BCUT2D eigenvalue weighted by Crippen LogP contribution is -2.06. The van der Waals surface area contributed by atoms with E-state index in [2.05, 4.69) is 9.84 Å². The van der Waals surface area contributed by atoms with Gasteiger partial charge in [0, 0.05) is 11.8 Å². The lowest BCUT2D eigenvalue weighted by Gasteiger charge is -2.05. The molecule has 0 aliphatic heterocycles. The zero-order chi connectivity index (χ0) is 13.8. The molecule has 0 N–H and O–H groups in total. The molecule has 6 heteroatoms. The Morgan fingerprint density at radius 2 is 2.26 bits per heavy atom. The molecule has 0 amide bonds. The Morgan fingerprint density at radius 3 is 2.84 bits per heavy atom. The van der Waals surface area contributed by atoms with E-state index < -0.39 is 11.8 Å². The fraction of sp³-hybridized carbons (Fsp3) is 0.154. The van der Waals surface area contributed by atoms with Crippen molar-refractivity contribution in [3.05, 3.63) is 53.1 Å². The SMILES string of the molecule is COC(=O)c1ccc(Cn2ccc(C=O)n2)c(F)c1. The summed E-state index contributed by atoms with van der Waals surface area (Å²) in [5.74, 6) is -1.11. The Morgan fingerprint density at radius 1 is 1.47 bits per heavy atom. The van der Waals surface area contributed by atoms with Gasteiger partial charge in [-0.25, -0.2) is 9.18 Å². The molecule has 0 fully saturated rings. The molecule has 1 aromatic carbocycles. The molecule has 0 spiro atoms. The van der Waals surface area contributed by atoms with Crippen molar-refractivity contribution in [2.75, 3.05) is 7.11 Å². The Kier molecular flexibility index (Phi) is 3.70. The summed E-state index contributed by atoms with van der Waals surface area (Å²) in [6.45, 7) is 0.182. The van der Waals surface area contributed by atoms with Crippen LogP contribution in [0.3, 0.4) is 0 Å². The molecule has 0 saturated heterocycles. The molecule has 0 aliphatic rings. The van der Waals surface area contributed by atoms with E-state index in [0.717, 1.165) is 6.07 Å². The second-order valence-electron chi connectivity index (χ2n) is 3.85. The lowest BCUT2D eigenvalue weighted by molar-refractivity contribution is 0.0600. The normalized spacial score (nSPS) is 10.2. The third-order valence-corrected chi connectivity index (χ3v) is 2.59. The van der Waals surface area contributed by atoms with Crippen molar-refractivity contribution in [2.24, 2.45) is 0 Å². The first kappa shape index (κ1) is 12.9. The van der Waals surface area contributed by atoms with E-state index in [1.807, 2.05) is 0 Å². The van der Waals surface area contributed by atoms with Crippen LogP contribution in [0.1, 0.15) is 26.4 Å². The summed E-state index contributed by atoms with van der Waals surface area (Å²) < 4.78 is 19.8. The van der Waals surface area contributed by atoms with E-state index in [0.29, 0.717) is 11.8 Å². The summed E-state index contributed by atoms with van der Waals surface area (Å²) in [6, 6.07) is 5.62. The number of rotatable bonds is 4. The molecule has 0 atom stereocenters. The van der Waals surface area contributed by atoms with Gasteiger partial charge >= 0.3 is 5.97 Å². The summed E-state index contributed by atoms with van der Waals surface area (Å²) in [5, 5.41) is 3.93. The molecular weight excluding hydrogens is 251 g/mol. The average molecular weight is 262 g/mol. The number of hydrogen-bond acceptors (Lipinski definition) is 4. The molecule has 19 heavy (non-hydrogen) atoms. The number of halogens is 1. The number of methoxy groups -OCH3 is 1. The van der Waals surface area contributed by atoms with Crippen molar-refractivity contribution >= 4 is 12.3 Å². The van der Waals surface area contributed by atoms with Gasteiger partial charge in [-0.05, 0) is 18.2 Å². The van der Waals surface area contributed by atoms with E-state index in [-0.39, 0.29) is 17.8 Å². The molecule has 0 radical (unpaired) electrons. The van der Waals surface area contributed by atoms with Gasteiger partial charge in [0.2, 0.25) is 0 Å². The van der Waals surface area contributed by atoms with E-state index in [1.165, 1.54) is 30.0 Å². The maximum absolute atomic E-state index is 13.8. The number of carbonyl (C=O) groups excluding carboxylic acids is 2. The highest BCUT2D eigenvalue weighted by Crippen LogP contribution is 2.12. The summed E-state index contributed by atoms with van der Waals surface area (Å²) in [6.07, 6.45) is 2.20. The smallest absolute Gasteiger partial charge is 0.337 e. The van der Waals surface area contributed by atoms with Crippen LogP contribution in [0.15, 0.2) is 30.5 Å². The van der Waals surface area contributed by atoms with Crippen molar-refractivity contribution in [2.45, 2.75) is 6.54 Å². The summed E-state index contributed by atoms with van der Waals surface area (Å²) in [5.41, 5.74) is 0.803. The van der Waals surface area contributed by atoms with Gasteiger partial charge in [0.25, 0.3) is 0 Å². The highest BCUT2D eigenvalue weighted by atomic mass is 19.1. The Balaban J connectivity index is 2.21. The third kappa shape index (κ3) is 2.85. The van der Waals surface area contributed by atoms with Crippen LogP contribution in [0, 0.1) is 5.82 Å². The van der Waals surface area contributed by atoms with E-state index in [9.17, 15) is 14.0 Å². The van der Waals surface area contributed by atoms with Gasteiger partial charge in [-0.15, -0.1) is 0 Å². The van der Waals surface area contributed by atoms with Gasteiger partial charge in [-0.2, -0.15) is 5.10 Å². The van der Waals surface area contributed by atoms with Crippen LogP contribution in [0.5, 0.6) is 0 Å². The van der Waals surface area contributed by atoms with Crippen LogP contribution in [-0.2, 0) is 11.3 Å². The molecule has 5 nitrogen and oxygen atoms in total. The highest BCUT2D eigenvalue weighted by molar-refractivity contribution is 5.89. The van der Waals surface area contributed by atoms with E-state index in [1.54, 1.807) is 6.20 Å². The number of benzene rings is 1. The van der Waals surface area contributed by atoms with Crippen LogP contribution in [0.25, 0.3) is 0 Å². The van der Waals surface area contributed by atoms with Gasteiger partial charge in [-0.1, -0.05) is 6.07 Å². The van der Waals surface area contributed by atoms with Gasteiger partial charge < -0.3 is 4.74 Å². The summed E-state index contributed by atoms with van der Waals surface area (Å²) in [7, 11) is 1.23. The molecular formula is C13H11FN2O3. The van der Waals surface area contributed by atoms with Crippen molar-refractivity contribution in [1.82, 2.24) is 9.78 Å². The average Bonchev–Trinajstić information content (AvgIpc) is 2.88. The molecule has 98 valence electrons. The largest absolute Gasteiger partial charge is 0.465 e. The summed E-state index contributed by atoms with van der Waals surface area (Å²) in [4.78, 5) is 21.7. The molecule has 1 aromatic heterocycles. The highest BCUT2D eigenvalue weighted by Gasteiger charge is 2.10. The zero-order valence-corrected chi connectivity index (χ0v) is 10.2. The monoisotopic (exact) mass is 262 g/mol. The van der Waals surface area contributed by atoms with Crippen LogP contribution in [-0.4, -0.2) is 29.1 Å².